The van der Waals surface area contributed by atoms with Crippen LogP contribution in [0.2, 0.25) is 0 Å². The molecule has 0 bridgehead atoms. The molecular formula is C48H56N2O9. The van der Waals surface area contributed by atoms with Crippen LogP contribution in [0.5, 0.6) is 0 Å². The number of esters is 1. The van der Waals surface area contributed by atoms with Crippen LogP contribution in [0.3, 0.4) is 0 Å². The first-order valence-electron chi connectivity index (χ1n) is 21.0. The fraction of sp³-hybridized carbons (Fsp3) is 0.479. The van der Waals surface area contributed by atoms with E-state index in [0.29, 0.717) is 28.9 Å². The molecule has 3 aromatic rings. The quantitative estimate of drug-likeness (QED) is 0.135. The van der Waals surface area contributed by atoms with Crippen LogP contribution in [0.25, 0.3) is 6.08 Å². The van der Waals surface area contributed by atoms with E-state index in [-0.39, 0.29) is 30.7 Å². The van der Waals surface area contributed by atoms with Crippen molar-refractivity contribution in [2.75, 3.05) is 13.2 Å². The number of epoxide rings is 1. The molecule has 5 aliphatic rings. The predicted molar refractivity (Wildman–Crippen MR) is 221 cm³/mol. The summed E-state index contributed by atoms with van der Waals surface area (Å²) < 4.78 is 26.1. The maximum absolute atomic E-state index is 14.0. The normalized spacial score (nSPS) is 30.6. The first-order chi connectivity index (χ1) is 28.3. The van der Waals surface area contributed by atoms with E-state index in [2.05, 4.69) is 37.5 Å². The number of fused-ring (bicyclic) bond motifs is 3. The minimum absolute atomic E-state index is 0.0181. The van der Waals surface area contributed by atoms with Gasteiger partial charge in [0.15, 0.2) is 0 Å². The van der Waals surface area contributed by atoms with Crippen molar-refractivity contribution in [3.8, 4) is 0 Å². The third kappa shape index (κ3) is 8.28. The van der Waals surface area contributed by atoms with E-state index < -0.39 is 54.0 Å². The Morgan fingerprint density at radius 3 is 2.22 bits per heavy atom. The van der Waals surface area contributed by atoms with Crippen molar-refractivity contribution in [1.29, 1.82) is 0 Å². The van der Waals surface area contributed by atoms with Gasteiger partial charge in [-0.05, 0) is 87.0 Å². The van der Waals surface area contributed by atoms with Crippen molar-refractivity contribution < 1.29 is 43.5 Å². The number of ether oxygens (including phenoxy) is 4. The SMILES string of the molecule is CC(O)C(NC(=O)C1=CC2OC(c3ccccc3)(c3ccccc3)OC2C(OC(=O)c2ccc(C=C3CCC4OC4(C)CCC4C3CC4(C)C)cc2)C1)C(=O)NCCO. The largest absolute Gasteiger partial charge is 0.456 e. The number of amides is 2. The van der Waals surface area contributed by atoms with Crippen molar-refractivity contribution in [3.05, 3.63) is 124 Å². The molecule has 8 rings (SSSR count). The smallest absolute Gasteiger partial charge is 0.338 e. The van der Waals surface area contributed by atoms with Crippen LogP contribution in [0, 0.1) is 17.3 Å². The summed E-state index contributed by atoms with van der Waals surface area (Å²) in [6, 6.07) is 25.1. The fourth-order valence-electron chi connectivity index (χ4n) is 9.86. The Labute approximate surface area is 346 Å². The second-order valence-corrected chi connectivity index (χ2v) is 17.8. The molecule has 59 heavy (non-hydrogen) atoms. The summed E-state index contributed by atoms with van der Waals surface area (Å²) in [4.78, 5) is 40.8. The summed E-state index contributed by atoms with van der Waals surface area (Å²) >= 11 is 0. The lowest BCUT2D eigenvalue weighted by Crippen LogP contribution is -2.54. The van der Waals surface area contributed by atoms with Gasteiger partial charge >= 0.3 is 5.97 Å². The summed E-state index contributed by atoms with van der Waals surface area (Å²) in [5.41, 5.74) is 4.81. The van der Waals surface area contributed by atoms with Gasteiger partial charge in [-0.3, -0.25) is 9.59 Å². The van der Waals surface area contributed by atoms with Gasteiger partial charge in [0, 0.05) is 29.7 Å². The number of hydrogen-bond donors (Lipinski definition) is 4. The number of rotatable bonds is 11. The molecule has 9 atom stereocenters. The Balaban J connectivity index is 1.05. The van der Waals surface area contributed by atoms with Gasteiger partial charge in [0.2, 0.25) is 17.6 Å². The van der Waals surface area contributed by atoms with Crippen LogP contribution in [-0.2, 0) is 34.3 Å². The van der Waals surface area contributed by atoms with Gasteiger partial charge in [0.25, 0.3) is 0 Å². The van der Waals surface area contributed by atoms with E-state index in [1.807, 2.05) is 72.8 Å². The predicted octanol–water partition coefficient (Wildman–Crippen LogP) is 5.98. The highest BCUT2D eigenvalue weighted by molar-refractivity contribution is 5.97. The Morgan fingerprint density at radius 2 is 1.59 bits per heavy atom. The summed E-state index contributed by atoms with van der Waals surface area (Å²) in [5.74, 6) is -2.07. The van der Waals surface area contributed by atoms with Crippen molar-refractivity contribution >= 4 is 23.9 Å². The monoisotopic (exact) mass is 804 g/mol. The van der Waals surface area contributed by atoms with Crippen molar-refractivity contribution in [2.45, 2.75) is 114 Å². The van der Waals surface area contributed by atoms with Gasteiger partial charge in [0.05, 0.1) is 30.0 Å². The van der Waals surface area contributed by atoms with Crippen LogP contribution in [0.1, 0.15) is 93.3 Å². The van der Waals surface area contributed by atoms with Gasteiger partial charge in [-0.2, -0.15) is 0 Å². The minimum atomic E-state index is -1.39. The summed E-state index contributed by atoms with van der Waals surface area (Å²) in [5, 5.41) is 24.8. The Bertz CT molecular complexity index is 2040. The number of benzene rings is 3. The minimum Gasteiger partial charge on any atom is -0.456 e. The molecule has 4 fully saturated rings. The van der Waals surface area contributed by atoms with Gasteiger partial charge in [-0.1, -0.05) is 98.3 Å². The average Bonchev–Trinajstić information content (AvgIpc) is 3.68. The zero-order valence-corrected chi connectivity index (χ0v) is 34.3. The van der Waals surface area contributed by atoms with E-state index in [1.54, 1.807) is 18.2 Å². The van der Waals surface area contributed by atoms with E-state index in [0.717, 1.165) is 36.0 Å². The Hall–Kier alpha value is -4.65. The average molecular weight is 805 g/mol. The van der Waals surface area contributed by atoms with Crippen LogP contribution in [0.15, 0.2) is 102 Å². The molecule has 2 aliphatic heterocycles. The molecule has 4 N–H and O–H groups in total. The first kappa shape index (κ1) is 41.1. The maximum Gasteiger partial charge on any atom is 0.338 e. The highest BCUT2D eigenvalue weighted by atomic mass is 16.8. The number of hydrogen-bond acceptors (Lipinski definition) is 9. The second-order valence-electron chi connectivity index (χ2n) is 17.8. The molecule has 3 aliphatic carbocycles. The summed E-state index contributed by atoms with van der Waals surface area (Å²) in [7, 11) is 0. The van der Waals surface area contributed by atoms with Gasteiger partial charge in [-0.25, -0.2) is 4.79 Å². The lowest BCUT2D eigenvalue weighted by atomic mass is 9.52. The number of allylic oxidation sites excluding steroid dienone is 1. The van der Waals surface area contributed by atoms with Crippen LogP contribution < -0.4 is 10.6 Å². The molecule has 2 saturated carbocycles. The van der Waals surface area contributed by atoms with Gasteiger partial charge in [-0.15, -0.1) is 0 Å². The van der Waals surface area contributed by atoms with E-state index in [1.165, 1.54) is 25.3 Å². The molecular weight excluding hydrogens is 749 g/mol. The highest BCUT2D eigenvalue weighted by Gasteiger charge is 2.57. The van der Waals surface area contributed by atoms with E-state index in [4.69, 9.17) is 18.9 Å². The Kier molecular flexibility index (Phi) is 11.4. The molecule has 0 radical (unpaired) electrons. The molecule has 0 spiro atoms. The number of nitrogens with one attached hydrogen (secondary N) is 2. The van der Waals surface area contributed by atoms with Crippen molar-refractivity contribution in [2.24, 2.45) is 17.3 Å². The van der Waals surface area contributed by atoms with Crippen LogP contribution >= 0.6 is 0 Å². The topological polar surface area (TPSA) is 156 Å². The van der Waals surface area contributed by atoms with Crippen molar-refractivity contribution in [1.82, 2.24) is 10.6 Å². The Morgan fingerprint density at radius 1 is 0.915 bits per heavy atom. The van der Waals surface area contributed by atoms with Crippen LogP contribution in [0.4, 0.5) is 0 Å². The molecule has 2 heterocycles. The second kappa shape index (κ2) is 16.4. The standard InChI is InChI=1S/C48H56N2O9/c1-29(52)41(44(54)49-23-24-51)50-43(53)33-26-38(42-39(27-33)57-48(59-42,34-11-7-5-8-12-34)35-13-9-6-10-14-35)56-45(55)31-17-15-30(16-18-31)25-32-19-20-40-47(4,58-40)22-21-37-36(32)28-46(37,2)3/h5-18,25,27,29,36-42,51-52H,19-24,26,28H2,1-4H3,(H,49,54)(H,50,53). The molecule has 312 valence electrons. The number of carbonyl (C=O) groups is 3. The third-order valence-electron chi connectivity index (χ3n) is 13.3. The lowest BCUT2D eigenvalue weighted by molar-refractivity contribution is -0.157. The fourth-order valence-corrected chi connectivity index (χ4v) is 9.86. The summed E-state index contributed by atoms with van der Waals surface area (Å²) in [6.07, 6.45) is 5.85. The van der Waals surface area contributed by atoms with E-state index >= 15 is 0 Å². The van der Waals surface area contributed by atoms with Gasteiger partial charge < -0.3 is 39.8 Å². The van der Waals surface area contributed by atoms with Crippen molar-refractivity contribution in [3.63, 3.8) is 0 Å². The lowest BCUT2D eigenvalue weighted by Gasteiger charge is -2.53. The zero-order valence-electron chi connectivity index (χ0n) is 34.3. The molecule has 11 heteroatoms. The molecule has 11 nitrogen and oxygen atoms in total. The molecule has 3 aromatic carbocycles. The third-order valence-corrected chi connectivity index (χ3v) is 13.3. The van der Waals surface area contributed by atoms with Gasteiger partial charge in [0.1, 0.15) is 24.4 Å². The number of aliphatic hydroxyl groups excluding tert-OH is 2. The number of carbonyl (C=O) groups excluding carboxylic acids is 3. The number of aliphatic hydroxyl groups is 2. The summed E-state index contributed by atoms with van der Waals surface area (Å²) in [6.45, 7) is 8.08. The molecule has 0 aromatic heterocycles. The highest BCUT2D eigenvalue weighted by Crippen LogP contribution is 2.60. The maximum atomic E-state index is 14.0. The van der Waals surface area contributed by atoms with Crippen LogP contribution in [-0.4, -0.2) is 83.3 Å². The van der Waals surface area contributed by atoms with E-state index in [9.17, 15) is 24.6 Å². The molecule has 9 unspecified atom stereocenters. The molecule has 2 saturated heterocycles. The zero-order chi connectivity index (χ0) is 41.5. The molecule has 2 amide bonds. The first-order valence-corrected chi connectivity index (χ1v) is 21.0.